The Morgan fingerprint density at radius 2 is 0.839 bits per heavy atom. The Hall–Kier alpha value is -3.56. The Morgan fingerprint density at radius 1 is 0.387 bits per heavy atom. The maximum atomic E-state index is 4.64. The molecule has 0 amide bonds. The van der Waals surface area contributed by atoms with Crippen LogP contribution in [0.25, 0.3) is 44.8 Å². The van der Waals surface area contributed by atoms with E-state index < -0.39 is 0 Å². The summed E-state index contributed by atoms with van der Waals surface area (Å²) < 4.78 is 0.581. The van der Waals surface area contributed by atoms with Crippen LogP contribution in [0.1, 0.15) is 0 Å². The lowest BCUT2D eigenvalue weighted by atomic mass is 10.00. The van der Waals surface area contributed by atoms with Gasteiger partial charge in [-0.2, -0.15) is 0 Å². The third-order valence-electron chi connectivity index (χ3n) is 5.25. The molecular weight excluding hydrogens is 444 g/mol. The summed E-state index contributed by atoms with van der Waals surface area (Å²) in [5.74, 6) is 0. The molecule has 0 unspecified atom stereocenters. The molecule has 3 heteroatoms. The number of nitrogens with zero attached hydrogens (tertiary/aromatic N) is 2. The molecule has 2 nitrogen and oxygen atoms in total. The van der Waals surface area contributed by atoms with E-state index >= 15 is 0 Å². The van der Waals surface area contributed by atoms with Gasteiger partial charge in [0.05, 0.1) is 11.4 Å². The first-order chi connectivity index (χ1) is 15.3. The summed E-state index contributed by atoms with van der Waals surface area (Å²) in [5, 5.41) is 0. The van der Waals surface area contributed by atoms with Crippen molar-refractivity contribution in [2.24, 2.45) is 0 Å². The largest absolute Gasteiger partial charge is 0.222 e. The fraction of sp³-hybridized carbons (Fsp3) is 0. The first-order valence-corrected chi connectivity index (χ1v) is 10.9. The van der Waals surface area contributed by atoms with E-state index in [1.165, 1.54) is 22.3 Å². The molecule has 148 valence electrons. The van der Waals surface area contributed by atoms with Gasteiger partial charge in [-0.25, -0.2) is 9.97 Å². The molecule has 1 heterocycles. The molecule has 0 radical (unpaired) electrons. The SMILES string of the molecule is Brc1nc(-c2ccc(-c3ccccc3)cc2)cc(-c2cccc(-c3ccccc3)c2)n1. The van der Waals surface area contributed by atoms with Crippen molar-refractivity contribution in [2.45, 2.75) is 0 Å². The van der Waals surface area contributed by atoms with Gasteiger partial charge in [0.25, 0.3) is 0 Å². The van der Waals surface area contributed by atoms with Crippen LogP contribution >= 0.6 is 15.9 Å². The summed E-state index contributed by atoms with van der Waals surface area (Å²) >= 11 is 3.50. The molecule has 5 aromatic rings. The third-order valence-corrected chi connectivity index (χ3v) is 5.61. The monoisotopic (exact) mass is 462 g/mol. The van der Waals surface area contributed by atoms with E-state index in [4.69, 9.17) is 0 Å². The minimum Gasteiger partial charge on any atom is -0.222 e. The summed E-state index contributed by atoms with van der Waals surface area (Å²) in [7, 11) is 0. The first-order valence-electron chi connectivity index (χ1n) is 10.1. The molecule has 0 aliphatic heterocycles. The minimum atomic E-state index is 0.581. The lowest BCUT2D eigenvalue weighted by Crippen LogP contribution is -1.92. The third kappa shape index (κ3) is 4.32. The van der Waals surface area contributed by atoms with Crippen LogP contribution in [0, 0.1) is 0 Å². The van der Waals surface area contributed by atoms with Gasteiger partial charge in [0.2, 0.25) is 0 Å². The smallest absolute Gasteiger partial charge is 0.197 e. The average molecular weight is 463 g/mol. The van der Waals surface area contributed by atoms with Crippen molar-refractivity contribution in [3.8, 4) is 44.8 Å². The van der Waals surface area contributed by atoms with Crippen LogP contribution in [0.15, 0.2) is 120 Å². The molecule has 4 aromatic carbocycles. The van der Waals surface area contributed by atoms with Crippen molar-refractivity contribution in [3.63, 3.8) is 0 Å². The Kier molecular flexibility index (Phi) is 5.42. The van der Waals surface area contributed by atoms with Gasteiger partial charge in [-0.05, 0) is 50.3 Å². The molecule has 0 N–H and O–H groups in total. The highest BCUT2D eigenvalue weighted by atomic mass is 79.9. The molecule has 0 saturated carbocycles. The molecule has 0 aliphatic rings. The van der Waals surface area contributed by atoms with Crippen LogP contribution < -0.4 is 0 Å². The number of benzene rings is 4. The first kappa shape index (κ1) is 19.4. The highest BCUT2D eigenvalue weighted by molar-refractivity contribution is 9.10. The van der Waals surface area contributed by atoms with Crippen molar-refractivity contribution in [1.82, 2.24) is 9.97 Å². The number of hydrogen-bond acceptors (Lipinski definition) is 2. The van der Waals surface area contributed by atoms with Gasteiger partial charge in [-0.15, -0.1) is 0 Å². The van der Waals surface area contributed by atoms with Gasteiger partial charge in [-0.1, -0.05) is 103 Å². The van der Waals surface area contributed by atoms with Crippen molar-refractivity contribution >= 4 is 15.9 Å². The summed E-state index contributed by atoms with van der Waals surface area (Å²) in [6.45, 7) is 0. The summed E-state index contributed by atoms with van der Waals surface area (Å²) in [4.78, 5) is 9.25. The zero-order valence-electron chi connectivity index (χ0n) is 16.7. The Labute approximate surface area is 190 Å². The number of aromatic nitrogens is 2. The summed E-state index contributed by atoms with van der Waals surface area (Å²) in [5.41, 5.74) is 8.65. The highest BCUT2D eigenvalue weighted by Gasteiger charge is 2.09. The van der Waals surface area contributed by atoms with Gasteiger partial charge in [0.15, 0.2) is 4.73 Å². The Bertz CT molecular complexity index is 1310. The van der Waals surface area contributed by atoms with Crippen LogP contribution in [0.2, 0.25) is 0 Å². The molecule has 0 bridgehead atoms. The standard InChI is InChI=1S/C28H19BrN2/c29-28-30-26(23-16-14-22(15-17-23)20-8-3-1-4-9-20)19-27(31-28)25-13-7-12-24(18-25)21-10-5-2-6-11-21/h1-19H. The predicted molar refractivity (Wildman–Crippen MR) is 131 cm³/mol. The van der Waals surface area contributed by atoms with Crippen molar-refractivity contribution < 1.29 is 0 Å². The topological polar surface area (TPSA) is 25.8 Å². The molecular formula is C28H19BrN2. The van der Waals surface area contributed by atoms with Crippen molar-refractivity contribution in [3.05, 3.63) is 120 Å². The maximum Gasteiger partial charge on any atom is 0.197 e. The predicted octanol–water partition coefficient (Wildman–Crippen LogP) is 7.91. The second-order valence-electron chi connectivity index (χ2n) is 7.30. The van der Waals surface area contributed by atoms with Gasteiger partial charge in [0.1, 0.15) is 0 Å². The van der Waals surface area contributed by atoms with Gasteiger partial charge in [-0.3, -0.25) is 0 Å². The second-order valence-corrected chi connectivity index (χ2v) is 8.01. The molecule has 31 heavy (non-hydrogen) atoms. The van der Waals surface area contributed by atoms with Gasteiger partial charge >= 0.3 is 0 Å². The maximum absolute atomic E-state index is 4.64. The highest BCUT2D eigenvalue weighted by Crippen LogP contribution is 2.30. The van der Waals surface area contributed by atoms with Crippen molar-refractivity contribution in [2.75, 3.05) is 0 Å². The second kappa shape index (κ2) is 8.66. The van der Waals surface area contributed by atoms with E-state index in [1.807, 2.05) is 18.2 Å². The van der Waals surface area contributed by atoms with E-state index in [2.05, 4.69) is 123 Å². The molecule has 0 atom stereocenters. The van der Waals surface area contributed by atoms with Crippen LogP contribution in [0.5, 0.6) is 0 Å². The quantitative estimate of drug-likeness (QED) is 0.253. The van der Waals surface area contributed by atoms with Crippen LogP contribution in [-0.4, -0.2) is 9.97 Å². The molecule has 0 saturated heterocycles. The number of halogens is 1. The van der Waals surface area contributed by atoms with Gasteiger partial charge < -0.3 is 0 Å². The van der Waals surface area contributed by atoms with E-state index in [0.29, 0.717) is 4.73 Å². The zero-order chi connectivity index (χ0) is 21.0. The van der Waals surface area contributed by atoms with E-state index in [0.717, 1.165) is 22.5 Å². The fourth-order valence-electron chi connectivity index (χ4n) is 3.67. The van der Waals surface area contributed by atoms with Crippen LogP contribution in [-0.2, 0) is 0 Å². The number of hydrogen-bond donors (Lipinski definition) is 0. The van der Waals surface area contributed by atoms with Gasteiger partial charge in [0, 0.05) is 11.1 Å². The Balaban J connectivity index is 1.50. The lowest BCUT2D eigenvalue weighted by molar-refractivity contribution is 1.12. The summed E-state index contributed by atoms with van der Waals surface area (Å²) in [6, 6.07) is 39.8. The molecule has 0 aliphatic carbocycles. The fourth-order valence-corrected chi connectivity index (χ4v) is 4.05. The Morgan fingerprint density at radius 3 is 1.48 bits per heavy atom. The van der Waals surface area contributed by atoms with Crippen LogP contribution in [0.3, 0.4) is 0 Å². The van der Waals surface area contributed by atoms with Crippen LogP contribution in [0.4, 0.5) is 0 Å². The zero-order valence-corrected chi connectivity index (χ0v) is 18.3. The molecule has 5 rings (SSSR count). The normalized spacial score (nSPS) is 10.7. The molecule has 0 spiro atoms. The van der Waals surface area contributed by atoms with Crippen molar-refractivity contribution in [1.29, 1.82) is 0 Å². The number of rotatable bonds is 4. The van der Waals surface area contributed by atoms with E-state index in [1.54, 1.807) is 0 Å². The minimum absolute atomic E-state index is 0.581. The lowest BCUT2D eigenvalue weighted by Gasteiger charge is -2.09. The summed E-state index contributed by atoms with van der Waals surface area (Å²) in [6.07, 6.45) is 0. The van der Waals surface area contributed by atoms with E-state index in [-0.39, 0.29) is 0 Å². The van der Waals surface area contributed by atoms with E-state index in [9.17, 15) is 0 Å². The molecule has 0 fully saturated rings. The average Bonchev–Trinajstić information content (AvgIpc) is 2.85. The molecule has 1 aromatic heterocycles.